The first-order valence-corrected chi connectivity index (χ1v) is 9.32. The van der Waals surface area contributed by atoms with E-state index in [1.165, 1.54) is 63.0 Å². The van der Waals surface area contributed by atoms with Crippen LogP contribution >= 0.6 is 0 Å². The van der Waals surface area contributed by atoms with Crippen molar-refractivity contribution in [3.63, 3.8) is 0 Å². The number of hydrogen-bond donors (Lipinski definition) is 0. The van der Waals surface area contributed by atoms with Crippen molar-refractivity contribution in [3.8, 4) is 0 Å². The Labute approximate surface area is 142 Å². The third-order valence-corrected chi connectivity index (χ3v) is 4.79. The second-order valence-corrected chi connectivity index (χ2v) is 6.50. The first-order valence-electron chi connectivity index (χ1n) is 9.32. The molecular weight excluding hydrogens is 278 g/mol. The molecule has 124 valence electrons. The van der Waals surface area contributed by atoms with Gasteiger partial charge < -0.3 is 0 Å². The number of quaternary nitrogens is 1. The highest BCUT2D eigenvalue weighted by molar-refractivity contribution is 5.58. The Hall–Kier alpha value is -1.60. The molecule has 0 aliphatic heterocycles. The number of hydrogen-bond acceptors (Lipinski definition) is 0. The molecule has 1 heteroatoms. The molecule has 0 aliphatic rings. The van der Waals surface area contributed by atoms with Crippen molar-refractivity contribution in [1.29, 1.82) is 0 Å². The Morgan fingerprint density at radius 1 is 0.565 bits per heavy atom. The molecule has 0 amide bonds. The smallest absolute Gasteiger partial charge is 0.137 e. The van der Waals surface area contributed by atoms with E-state index in [1.807, 2.05) is 0 Å². The van der Waals surface area contributed by atoms with Crippen molar-refractivity contribution in [2.75, 3.05) is 13.1 Å². The number of rotatable bonds is 10. The molecule has 1 nitrogen and oxygen atoms in total. The highest BCUT2D eigenvalue weighted by atomic mass is 15.4. The van der Waals surface area contributed by atoms with Crippen LogP contribution in [0.1, 0.15) is 52.4 Å². The second kappa shape index (κ2) is 9.52. The molecule has 2 aromatic carbocycles. The van der Waals surface area contributed by atoms with Crippen LogP contribution in [0, 0.1) is 0 Å². The van der Waals surface area contributed by atoms with E-state index in [0.29, 0.717) is 0 Å². The van der Waals surface area contributed by atoms with Gasteiger partial charge in [0.15, 0.2) is 0 Å². The molecule has 0 fully saturated rings. The molecule has 0 heterocycles. The summed E-state index contributed by atoms with van der Waals surface area (Å²) in [6.45, 7) is 6.98. The monoisotopic (exact) mass is 310 g/mol. The van der Waals surface area contributed by atoms with Crippen LogP contribution in [0.25, 0.3) is 0 Å². The predicted octanol–water partition coefficient (Wildman–Crippen LogP) is 6.71. The maximum absolute atomic E-state index is 2.31. The fourth-order valence-corrected chi connectivity index (χ4v) is 3.47. The van der Waals surface area contributed by atoms with Gasteiger partial charge in [-0.15, -0.1) is 0 Å². The number of benzene rings is 2. The normalized spacial score (nSPS) is 11.6. The lowest BCUT2D eigenvalue weighted by atomic mass is 10.1. The lowest BCUT2D eigenvalue weighted by Crippen LogP contribution is -2.46. The third kappa shape index (κ3) is 4.68. The zero-order valence-electron chi connectivity index (χ0n) is 14.9. The van der Waals surface area contributed by atoms with Crippen LogP contribution in [0.15, 0.2) is 60.7 Å². The molecule has 2 rings (SSSR count). The van der Waals surface area contributed by atoms with Crippen LogP contribution < -0.4 is 4.48 Å². The maximum atomic E-state index is 2.31. The van der Waals surface area contributed by atoms with E-state index in [1.54, 1.807) is 0 Å². The molecule has 2 aromatic rings. The molecule has 0 radical (unpaired) electrons. The summed E-state index contributed by atoms with van der Waals surface area (Å²) in [5.41, 5.74) is 2.87. The maximum Gasteiger partial charge on any atom is 0.137 e. The van der Waals surface area contributed by atoms with E-state index in [0.717, 1.165) is 4.48 Å². The van der Waals surface area contributed by atoms with Crippen LogP contribution in [0.4, 0.5) is 11.4 Å². The first kappa shape index (κ1) is 17.7. The van der Waals surface area contributed by atoms with Gasteiger partial charge in [-0.2, -0.15) is 0 Å². The van der Waals surface area contributed by atoms with Crippen molar-refractivity contribution in [3.05, 3.63) is 60.7 Å². The van der Waals surface area contributed by atoms with Crippen molar-refractivity contribution >= 4 is 11.4 Å². The van der Waals surface area contributed by atoms with E-state index in [4.69, 9.17) is 0 Å². The number of para-hydroxylation sites is 2. The summed E-state index contributed by atoms with van der Waals surface area (Å²) >= 11 is 0. The minimum absolute atomic E-state index is 1.00. The molecule has 0 spiro atoms. The van der Waals surface area contributed by atoms with Gasteiger partial charge in [0.1, 0.15) is 11.4 Å². The molecule has 0 atom stereocenters. The van der Waals surface area contributed by atoms with E-state index < -0.39 is 0 Å². The highest BCUT2D eigenvalue weighted by Gasteiger charge is 2.32. The average Bonchev–Trinajstić information content (AvgIpc) is 2.62. The van der Waals surface area contributed by atoms with Gasteiger partial charge in [-0.3, -0.25) is 4.48 Å². The Morgan fingerprint density at radius 2 is 0.957 bits per heavy atom. The largest absolute Gasteiger partial charge is 0.259 e. The minimum Gasteiger partial charge on any atom is -0.259 e. The van der Waals surface area contributed by atoms with E-state index in [2.05, 4.69) is 74.5 Å². The quantitative estimate of drug-likeness (QED) is 0.338. The van der Waals surface area contributed by atoms with E-state index in [9.17, 15) is 0 Å². The van der Waals surface area contributed by atoms with Gasteiger partial charge in [0.05, 0.1) is 13.1 Å². The third-order valence-electron chi connectivity index (χ3n) is 4.79. The topological polar surface area (TPSA) is 0 Å². The summed E-state index contributed by atoms with van der Waals surface area (Å²) in [6.07, 6.45) is 7.75. The Morgan fingerprint density at radius 3 is 1.30 bits per heavy atom. The van der Waals surface area contributed by atoms with Gasteiger partial charge >= 0.3 is 0 Å². The summed E-state index contributed by atoms with van der Waals surface area (Å²) in [6, 6.07) is 22.2. The van der Waals surface area contributed by atoms with Gasteiger partial charge in [-0.1, -0.05) is 63.1 Å². The van der Waals surface area contributed by atoms with Gasteiger partial charge in [-0.25, -0.2) is 0 Å². The van der Waals surface area contributed by atoms with E-state index in [-0.39, 0.29) is 0 Å². The van der Waals surface area contributed by atoms with Gasteiger partial charge in [0.2, 0.25) is 0 Å². The zero-order valence-corrected chi connectivity index (χ0v) is 14.9. The summed E-state index contributed by atoms with van der Waals surface area (Å²) in [4.78, 5) is 0. The summed E-state index contributed by atoms with van der Waals surface area (Å²) in [7, 11) is 0. The molecule has 0 aromatic heterocycles. The minimum atomic E-state index is 1.00. The lowest BCUT2D eigenvalue weighted by molar-refractivity contribution is 0.358. The van der Waals surface area contributed by atoms with Crippen LogP contribution in [0.3, 0.4) is 0 Å². The average molecular weight is 311 g/mol. The molecule has 0 unspecified atom stereocenters. The zero-order chi connectivity index (χ0) is 16.4. The van der Waals surface area contributed by atoms with Crippen molar-refractivity contribution in [2.24, 2.45) is 0 Å². The lowest BCUT2D eigenvalue weighted by Gasteiger charge is -2.38. The van der Waals surface area contributed by atoms with Crippen LogP contribution in [0.2, 0.25) is 0 Å². The van der Waals surface area contributed by atoms with Crippen LogP contribution in [-0.4, -0.2) is 13.1 Å². The van der Waals surface area contributed by atoms with Crippen molar-refractivity contribution < 1.29 is 0 Å². The van der Waals surface area contributed by atoms with Gasteiger partial charge in [0, 0.05) is 0 Å². The Balaban J connectivity index is 2.39. The second-order valence-electron chi connectivity index (χ2n) is 6.50. The first-order chi connectivity index (χ1) is 11.3. The Bertz CT molecular complexity index is 481. The number of nitrogens with zero attached hydrogens (tertiary/aromatic N) is 1. The van der Waals surface area contributed by atoms with Crippen molar-refractivity contribution in [1.82, 2.24) is 4.48 Å². The van der Waals surface area contributed by atoms with E-state index >= 15 is 0 Å². The van der Waals surface area contributed by atoms with Crippen LogP contribution in [0.5, 0.6) is 0 Å². The highest BCUT2D eigenvalue weighted by Crippen LogP contribution is 2.35. The van der Waals surface area contributed by atoms with Gasteiger partial charge in [0.25, 0.3) is 0 Å². The summed E-state index contributed by atoms with van der Waals surface area (Å²) in [5.74, 6) is 0. The molecule has 0 saturated heterocycles. The summed E-state index contributed by atoms with van der Waals surface area (Å²) < 4.78 is 1.00. The van der Waals surface area contributed by atoms with Crippen molar-refractivity contribution in [2.45, 2.75) is 52.4 Å². The summed E-state index contributed by atoms with van der Waals surface area (Å²) in [5, 5.41) is 0. The number of unbranched alkanes of at least 4 members (excludes halogenated alkanes) is 4. The molecule has 23 heavy (non-hydrogen) atoms. The molecule has 0 aliphatic carbocycles. The standard InChI is InChI=1S/C22H32N/c1-3-5-13-19-23(20-14-6-4-2,21-15-9-7-10-16-21)22-17-11-8-12-18-22/h7-12,15-18H,3-6,13-14,19-20H2,1-2H3/q+1. The van der Waals surface area contributed by atoms with Gasteiger partial charge in [-0.05, 0) is 49.9 Å². The molecule has 0 N–H and O–H groups in total. The Kier molecular flexibility index (Phi) is 7.35. The molecular formula is C22H32N+. The SMILES string of the molecule is CCCCC[N+](CCCCC)(c1ccccc1)c1ccccc1. The van der Waals surface area contributed by atoms with Crippen LogP contribution in [-0.2, 0) is 0 Å². The fourth-order valence-electron chi connectivity index (χ4n) is 3.47. The molecule has 0 saturated carbocycles. The predicted molar refractivity (Wildman–Crippen MR) is 103 cm³/mol. The fraction of sp³-hybridized carbons (Fsp3) is 0.455. The molecule has 0 bridgehead atoms.